The number of H-pyrrole nitrogens is 1. The first kappa shape index (κ1) is 20.3. The number of hydrogen-bond donors (Lipinski definition) is 5. The van der Waals surface area contributed by atoms with Crippen molar-refractivity contribution in [2.75, 3.05) is 5.32 Å². The van der Waals surface area contributed by atoms with Gasteiger partial charge in [0.05, 0.1) is 0 Å². The molecule has 4 heterocycles. The maximum Gasteiger partial charge on any atom is 0.356 e. The fourth-order valence-corrected chi connectivity index (χ4v) is 3.49. The summed E-state index contributed by atoms with van der Waals surface area (Å²) in [7, 11) is 0. The van der Waals surface area contributed by atoms with Gasteiger partial charge in [0, 0.05) is 11.5 Å². The summed E-state index contributed by atoms with van der Waals surface area (Å²) in [6, 6.07) is 8.99. The van der Waals surface area contributed by atoms with Crippen LogP contribution < -0.4 is 11.1 Å². The molecule has 3 aromatic heterocycles. The molecule has 0 amide bonds. The Balaban J connectivity index is 1.66. The Hall–Kier alpha value is -4.59. The maximum absolute atomic E-state index is 12.0. The van der Waals surface area contributed by atoms with Gasteiger partial charge < -0.3 is 15.5 Å². The van der Waals surface area contributed by atoms with Crippen LogP contribution in [0.1, 0.15) is 41.9 Å². The minimum atomic E-state index is -2.01. The van der Waals surface area contributed by atoms with E-state index in [9.17, 15) is 19.8 Å². The predicted molar refractivity (Wildman–Crippen MR) is 114 cm³/mol. The van der Waals surface area contributed by atoms with E-state index in [0.29, 0.717) is 11.4 Å². The number of carbonyl (C=O) groups is 2. The molecule has 1 aliphatic rings. The number of hydrogen-bond acceptors (Lipinski definition) is 9. The lowest BCUT2D eigenvalue weighted by atomic mass is 10.0. The summed E-state index contributed by atoms with van der Waals surface area (Å²) in [5.74, 6) is -2.08. The number of carboxylic acid groups (broad SMARTS) is 2. The SMILES string of the molecule is CC(C)c1nc2c(NC3(N)C(C(=O)O)=Nn4nc(-c5ccccc5)nc43)c(C(=O)O)[nH]n2n1. The van der Waals surface area contributed by atoms with E-state index in [0.717, 1.165) is 4.79 Å². The first-order chi connectivity index (χ1) is 15.7. The lowest BCUT2D eigenvalue weighted by Gasteiger charge is -2.24. The van der Waals surface area contributed by atoms with Gasteiger partial charge in [-0.05, 0) is 0 Å². The quantitative estimate of drug-likeness (QED) is 0.260. The molecule has 1 aromatic carbocycles. The highest BCUT2D eigenvalue weighted by Gasteiger charge is 2.49. The van der Waals surface area contributed by atoms with Gasteiger partial charge in [0.1, 0.15) is 5.69 Å². The number of nitrogens with zero attached hydrogens (tertiary/aromatic N) is 7. The van der Waals surface area contributed by atoms with Gasteiger partial charge >= 0.3 is 11.9 Å². The van der Waals surface area contributed by atoms with Gasteiger partial charge in [-0.2, -0.15) is 4.63 Å². The molecule has 6 N–H and O–H groups in total. The third kappa shape index (κ3) is 3.03. The van der Waals surface area contributed by atoms with E-state index in [1.807, 2.05) is 19.9 Å². The second-order valence-corrected chi connectivity index (χ2v) is 7.73. The number of carboxylic acids is 2. The normalized spacial score (nSPS) is 17.4. The molecule has 0 spiro atoms. The number of rotatable bonds is 6. The van der Waals surface area contributed by atoms with Gasteiger partial charge in [-0.25, -0.2) is 19.6 Å². The van der Waals surface area contributed by atoms with Crippen LogP contribution >= 0.6 is 0 Å². The second-order valence-electron chi connectivity index (χ2n) is 7.73. The van der Waals surface area contributed by atoms with Crippen molar-refractivity contribution in [1.82, 2.24) is 34.7 Å². The van der Waals surface area contributed by atoms with E-state index < -0.39 is 23.3 Å². The van der Waals surface area contributed by atoms with Crippen molar-refractivity contribution in [1.29, 1.82) is 0 Å². The molecule has 0 aliphatic carbocycles. The Morgan fingerprint density at radius 2 is 1.85 bits per heavy atom. The number of aromatic amines is 1. The Bertz CT molecular complexity index is 1450. The van der Waals surface area contributed by atoms with Crippen LogP contribution in [-0.4, -0.2) is 62.5 Å². The van der Waals surface area contributed by atoms with Crippen molar-refractivity contribution in [2.24, 2.45) is 10.8 Å². The van der Waals surface area contributed by atoms with Crippen LogP contribution in [0.25, 0.3) is 17.0 Å². The molecule has 4 aromatic rings. The molecular formula is C19H18N10O4. The molecule has 14 nitrogen and oxygen atoms in total. The summed E-state index contributed by atoms with van der Waals surface area (Å²) >= 11 is 0. The zero-order valence-electron chi connectivity index (χ0n) is 17.4. The minimum Gasteiger partial charge on any atom is -0.477 e. The number of aliphatic carboxylic acids is 1. The van der Waals surface area contributed by atoms with Crippen molar-refractivity contribution < 1.29 is 19.8 Å². The largest absolute Gasteiger partial charge is 0.477 e. The Kier molecular flexibility index (Phi) is 4.29. The number of aromatic carboxylic acids is 1. The lowest BCUT2D eigenvalue weighted by molar-refractivity contribution is -0.129. The van der Waals surface area contributed by atoms with Gasteiger partial charge in [-0.15, -0.1) is 20.1 Å². The van der Waals surface area contributed by atoms with Crippen LogP contribution in [0.15, 0.2) is 35.4 Å². The van der Waals surface area contributed by atoms with E-state index >= 15 is 0 Å². The molecule has 168 valence electrons. The number of nitrogens with two attached hydrogens (primary N) is 1. The third-order valence-electron chi connectivity index (χ3n) is 5.11. The summed E-state index contributed by atoms with van der Waals surface area (Å²) in [4.78, 5) is 33.6. The fraction of sp³-hybridized carbons (Fsp3) is 0.211. The molecular weight excluding hydrogens is 432 g/mol. The topological polar surface area (TPSA) is 202 Å². The van der Waals surface area contributed by atoms with Crippen molar-refractivity contribution in [3.8, 4) is 11.4 Å². The van der Waals surface area contributed by atoms with Crippen LogP contribution in [0.5, 0.6) is 0 Å². The van der Waals surface area contributed by atoms with E-state index in [4.69, 9.17) is 5.73 Å². The van der Waals surface area contributed by atoms with Crippen LogP contribution in [0.2, 0.25) is 0 Å². The average Bonchev–Trinajstić information content (AvgIpc) is 3.50. The number of benzene rings is 1. The summed E-state index contributed by atoms with van der Waals surface area (Å²) in [5, 5.41) is 37.3. The van der Waals surface area contributed by atoms with Crippen LogP contribution in [0, 0.1) is 0 Å². The molecule has 1 atom stereocenters. The Morgan fingerprint density at radius 3 is 2.48 bits per heavy atom. The van der Waals surface area contributed by atoms with Gasteiger partial charge in [-0.1, -0.05) is 44.2 Å². The Labute approximate surface area is 184 Å². The summed E-state index contributed by atoms with van der Waals surface area (Å²) < 4.78 is 1.19. The number of fused-ring (bicyclic) bond motifs is 2. The zero-order valence-corrected chi connectivity index (χ0v) is 17.4. The molecule has 1 unspecified atom stereocenters. The minimum absolute atomic E-state index is 0.0296. The zero-order chi connectivity index (χ0) is 23.5. The molecule has 0 saturated carbocycles. The maximum atomic E-state index is 12.0. The summed E-state index contributed by atoms with van der Waals surface area (Å²) in [6.45, 7) is 3.76. The first-order valence-electron chi connectivity index (χ1n) is 9.83. The fourth-order valence-electron chi connectivity index (χ4n) is 3.49. The molecule has 5 rings (SSSR count). The molecule has 14 heteroatoms. The van der Waals surface area contributed by atoms with E-state index in [-0.39, 0.29) is 34.6 Å². The molecule has 0 saturated heterocycles. The van der Waals surface area contributed by atoms with Gasteiger partial charge in [0.25, 0.3) is 0 Å². The first-order valence-corrected chi connectivity index (χ1v) is 9.83. The molecule has 1 aliphatic heterocycles. The molecule has 0 bridgehead atoms. The highest BCUT2D eigenvalue weighted by molar-refractivity contribution is 6.40. The standard InChI is InChI=1S/C19H18N10O4/c1-8(2)13-21-15-10(11(16(30)31)24-28(15)26-13)23-19(20)12(17(32)33)25-29-18(19)22-14(27-29)9-6-4-3-5-7-9/h3-8,23-24H,20H2,1-2H3,(H,30,31)(H,32,33). The number of anilines is 1. The number of aromatic nitrogens is 7. The smallest absolute Gasteiger partial charge is 0.356 e. The molecule has 33 heavy (non-hydrogen) atoms. The van der Waals surface area contributed by atoms with Crippen LogP contribution in [0.3, 0.4) is 0 Å². The predicted octanol–water partition coefficient (Wildman–Crippen LogP) is 0.663. The molecule has 0 fully saturated rings. The summed E-state index contributed by atoms with van der Waals surface area (Å²) in [6.07, 6.45) is 0. The van der Waals surface area contributed by atoms with Crippen molar-refractivity contribution in [2.45, 2.75) is 25.4 Å². The average molecular weight is 450 g/mol. The monoisotopic (exact) mass is 450 g/mol. The van der Waals surface area contributed by atoms with Crippen LogP contribution in [0.4, 0.5) is 5.69 Å². The summed E-state index contributed by atoms with van der Waals surface area (Å²) in [5.41, 5.74) is 4.42. The molecule has 0 radical (unpaired) electrons. The van der Waals surface area contributed by atoms with E-state index in [1.165, 1.54) is 4.63 Å². The van der Waals surface area contributed by atoms with Crippen LogP contribution in [-0.2, 0) is 10.5 Å². The number of nitrogens with one attached hydrogen (secondary N) is 2. The van der Waals surface area contributed by atoms with E-state index in [2.05, 4.69) is 35.7 Å². The van der Waals surface area contributed by atoms with Crippen molar-refractivity contribution in [3.05, 3.63) is 47.7 Å². The van der Waals surface area contributed by atoms with Crippen molar-refractivity contribution >= 4 is 29.0 Å². The second kappa shape index (κ2) is 6.96. The highest BCUT2D eigenvalue weighted by Crippen LogP contribution is 2.32. The van der Waals surface area contributed by atoms with Gasteiger partial charge in [0.2, 0.25) is 5.66 Å². The third-order valence-corrected chi connectivity index (χ3v) is 5.11. The van der Waals surface area contributed by atoms with Gasteiger partial charge in [0.15, 0.2) is 34.5 Å². The lowest BCUT2D eigenvalue weighted by Crippen LogP contribution is -2.53. The highest BCUT2D eigenvalue weighted by atomic mass is 16.4. The Morgan fingerprint density at radius 1 is 1.12 bits per heavy atom. The van der Waals surface area contributed by atoms with Gasteiger partial charge in [-0.3, -0.25) is 10.8 Å². The van der Waals surface area contributed by atoms with Crippen molar-refractivity contribution in [3.63, 3.8) is 0 Å². The van der Waals surface area contributed by atoms with E-state index in [1.54, 1.807) is 24.3 Å².